The van der Waals surface area contributed by atoms with Gasteiger partial charge in [0.15, 0.2) is 0 Å². The Morgan fingerprint density at radius 3 is 2.75 bits per heavy atom. The second kappa shape index (κ2) is 7.75. The average Bonchev–Trinajstić information content (AvgIpc) is 3.21. The van der Waals surface area contributed by atoms with Crippen LogP contribution < -0.4 is 16.6 Å². The van der Waals surface area contributed by atoms with Crippen molar-refractivity contribution < 1.29 is 13.9 Å². The smallest absolute Gasteiger partial charge is 0.329 e. The van der Waals surface area contributed by atoms with Crippen molar-refractivity contribution in [2.45, 2.75) is 37.8 Å². The van der Waals surface area contributed by atoms with Crippen molar-refractivity contribution in [1.29, 1.82) is 0 Å². The van der Waals surface area contributed by atoms with E-state index in [9.17, 15) is 18.8 Å². The van der Waals surface area contributed by atoms with Crippen LogP contribution in [0, 0.1) is 5.82 Å². The molecule has 2 fully saturated rings. The van der Waals surface area contributed by atoms with Crippen LogP contribution in [0.4, 0.5) is 9.18 Å². The number of amides is 2. The van der Waals surface area contributed by atoms with E-state index in [1.807, 2.05) is 0 Å². The predicted octanol–water partition coefficient (Wildman–Crippen LogP) is 1.35. The van der Waals surface area contributed by atoms with Crippen molar-refractivity contribution in [2.24, 2.45) is 0 Å². The summed E-state index contributed by atoms with van der Waals surface area (Å²) in [5.74, 6) is -0.527. The molecule has 0 saturated carbocycles. The maximum absolute atomic E-state index is 13.5. The van der Waals surface area contributed by atoms with Gasteiger partial charge in [-0.15, -0.1) is 0 Å². The molecule has 150 valence electrons. The summed E-state index contributed by atoms with van der Waals surface area (Å²) in [6.45, 7) is 2.11. The maximum Gasteiger partial charge on any atom is 0.329 e. The van der Waals surface area contributed by atoms with Gasteiger partial charge in [0, 0.05) is 32.3 Å². The molecule has 28 heavy (non-hydrogen) atoms. The van der Waals surface area contributed by atoms with Crippen molar-refractivity contribution in [3.05, 3.63) is 44.9 Å². The summed E-state index contributed by atoms with van der Waals surface area (Å²) in [5, 5.41) is 3.04. The van der Waals surface area contributed by atoms with Crippen molar-refractivity contribution in [1.82, 2.24) is 19.8 Å². The molecule has 2 saturated heterocycles. The number of aromatic nitrogens is 2. The van der Waals surface area contributed by atoms with Gasteiger partial charge in [0.2, 0.25) is 0 Å². The molecule has 2 N–H and O–H groups in total. The largest absolute Gasteiger partial charge is 0.376 e. The fraction of sp³-hybridized carbons (Fsp3) is 0.526. The SMILES string of the molecule is O=C(NC[C@H]1CCCO1)N1CCC(n2c(=O)[nH]c3ccc(F)cc3c2=O)CC1. The van der Waals surface area contributed by atoms with Gasteiger partial charge in [-0.05, 0) is 43.9 Å². The van der Waals surface area contributed by atoms with Gasteiger partial charge in [-0.25, -0.2) is 14.0 Å². The molecule has 1 aromatic carbocycles. The number of halogens is 1. The molecular formula is C19H23FN4O4. The molecule has 0 bridgehead atoms. The van der Waals surface area contributed by atoms with Crippen LogP contribution in [0.15, 0.2) is 27.8 Å². The zero-order valence-corrected chi connectivity index (χ0v) is 15.4. The lowest BCUT2D eigenvalue weighted by Crippen LogP contribution is -2.48. The van der Waals surface area contributed by atoms with E-state index in [4.69, 9.17) is 4.74 Å². The van der Waals surface area contributed by atoms with E-state index in [2.05, 4.69) is 10.3 Å². The van der Waals surface area contributed by atoms with Crippen molar-refractivity contribution >= 4 is 16.9 Å². The Hall–Kier alpha value is -2.68. The monoisotopic (exact) mass is 390 g/mol. The van der Waals surface area contributed by atoms with Crippen LogP contribution >= 0.6 is 0 Å². The number of hydrogen-bond donors (Lipinski definition) is 2. The fourth-order valence-electron chi connectivity index (χ4n) is 3.98. The number of nitrogens with zero attached hydrogens (tertiary/aromatic N) is 2. The number of fused-ring (bicyclic) bond motifs is 1. The van der Waals surface area contributed by atoms with Crippen molar-refractivity contribution in [3.63, 3.8) is 0 Å². The molecule has 4 rings (SSSR count). The number of carbonyl (C=O) groups excluding carboxylic acids is 1. The molecule has 1 aromatic heterocycles. The molecule has 2 aliphatic heterocycles. The topological polar surface area (TPSA) is 96.4 Å². The normalized spacial score (nSPS) is 20.6. The van der Waals surface area contributed by atoms with Gasteiger partial charge in [0.25, 0.3) is 5.56 Å². The van der Waals surface area contributed by atoms with Gasteiger partial charge < -0.3 is 19.9 Å². The summed E-state index contributed by atoms with van der Waals surface area (Å²) in [7, 11) is 0. The van der Waals surface area contributed by atoms with Crippen LogP contribution in [-0.4, -0.2) is 52.8 Å². The van der Waals surface area contributed by atoms with Crippen LogP contribution in [0.2, 0.25) is 0 Å². The average molecular weight is 390 g/mol. The van der Waals surface area contributed by atoms with Crippen LogP contribution in [0.5, 0.6) is 0 Å². The van der Waals surface area contributed by atoms with E-state index in [0.29, 0.717) is 38.0 Å². The lowest BCUT2D eigenvalue weighted by molar-refractivity contribution is 0.107. The Labute approximate surface area is 160 Å². The predicted molar refractivity (Wildman–Crippen MR) is 101 cm³/mol. The Kier molecular flexibility index (Phi) is 5.17. The van der Waals surface area contributed by atoms with Gasteiger partial charge in [-0.3, -0.25) is 9.36 Å². The first-order valence-corrected chi connectivity index (χ1v) is 9.61. The van der Waals surface area contributed by atoms with E-state index < -0.39 is 17.1 Å². The minimum absolute atomic E-state index is 0.0802. The minimum Gasteiger partial charge on any atom is -0.376 e. The Bertz CT molecular complexity index is 988. The fourth-order valence-corrected chi connectivity index (χ4v) is 3.98. The van der Waals surface area contributed by atoms with Gasteiger partial charge in [-0.1, -0.05) is 0 Å². The Morgan fingerprint density at radius 1 is 1.25 bits per heavy atom. The first-order valence-electron chi connectivity index (χ1n) is 9.61. The number of piperidine rings is 1. The highest BCUT2D eigenvalue weighted by molar-refractivity contribution is 5.77. The minimum atomic E-state index is -0.527. The van der Waals surface area contributed by atoms with Gasteiger partial charge in [-0.2, -0.15) is 0 Å². The second-order valence-corrected chi connectivity index (χ2v) is 7.33. The van der Waals surface area contributed by atoms with E-state index >= 15 is 0 Å². The number of H-pyrrole nitrogens is 1. The lowest BCUT2D eigenvalue weighted by Gasteiger charge is -2.32. The van der Waals surface area contributed by atoms with Crippen LogP contribution in [0.25, 0.3) is 10.9 Å². The number of urea groups is 1. The van der Waals surface area contributed by atoms with Gasteiger partial charge >= 0.3 is 11.7 Å². The van der Waals surface area contributed by atoms with Crippen molar-refractivity contribution in [2.75, 3.05) is 26.2 Å². The lowest BCUT2D eigenvalue weighted by atomic mass is 10.0. The van der Waals surface area contributed by atoms with Crippen LogP contribution in [-0.2, 0) is 4.74 Å². The molecule has 0 radical (unpaired) electrons. The molecule has 0 aliphatic carbocycles. The molecule has 0 spiro atoms. The summed E-state index contributed by atoms with van der Waals surface area (Å²) < 4.78 is 20.2. The zero-order valence-electron chi connectivity index (χ0n) is 15.4. The second-order valence-electron chi connectivity index (χ2n) is 7.33. The summed E-state index contributed by atoms with van der Waals surface area (Å²) in [6, 6.07) is 3.24. The number of hydrogen-bond acceptors (Lipinski definition) is 4. The molecule has 2 aliphatic rings. The molecule has 1 atom stereocenters. The third-order valence-corrected chi connectivity index (χ3v) is 5.51. The van der Waals surface area contributed by atoms with Crippen LogP contribution in [0.3, 0.4) is 0 Å². The highest BCUT2D eigenvalue weighted by Gasteiger charge is 2.27. The number of carbonyl (C=O) groups is 1. The highest BCUT2D eigenvalue weighted by Crippen LogP contribution is 2.21. The highest BCUT2D eigenvalue weighted by atomic mass is 19.1. The number of ether oxygens (including phenoxy) is 1. The third-order valence-electron chi connectivity index (χ3n) is 5.51. The first-order chi connectivity index (χ1) is 13.5. The van der Waals surface area contributed by atoms with E-state index in [1.165, 1.54) is 12.1 Å². The third kappa shape index (κ3) is 3.66. The van der Waals surface area contributed by atoms with E-state index in [-0.39, 0.29) is 23.6 Å². The Balaban J connectivity index is 1.44. The number of rotatable bonds is 3. The molecule has 3 heterocycles. The maximum atomic E-state index is 13.5. The number of nitrogens with one attached hydrogen (secondary N) is 2. The van der Waals surface area contributed by atoms with Crippen molar-refractivity contribution in [3.8, 4) is 0 Å². The quantitative estimate of drug-likeness (QED) is 0.827. The number of benzene rings is 1. The number of likely N-dealkylation sites (tertiary alicyclic amines) is 1. The van der Waals surface area contributed by atoms with Gasteiger partial charge in [0.1, 0.15) is 5.82 Å². The standard InChI is InChI=1S/C19H23FN4O4/c20-12-3-4-16-15(10-12)17(25)24(19(27)22-16)13-5-7-23(8-6-13)18(26)21-11-14-2-1-9-28-14/h3-4,10,13-14H,1-2,5-9,11H2,(H,21,26)(H,22,27)/t14-/m1/s1. The summed E-state index contributed by atoms with van der Waals surface area (Å²) in [4.78, 5) is 41.8. The molecule has 9 heteroatoms. The van der Waals surface area contributed by atoms with Gasteiger partial charge in [0.05, 0.1) is 17.0 Å². The van der Waals surface area contributed by atoms with E-state index in [1.54, 1.807) is 4.90 Å². The summed E-state index contributed by atoms with van der Waals surface area (Å²) in [5.41, 5.74) is -0.691. The van der Waals surface area contributed by atoms with Crippen LogP contribution in [0.1, 0.15) is 31.7 Å². The van der Waals surface area contributed by atoms with E-state index in [0.717, 1.165) is 30.1 Å². The summed E-state index contributed by atoms with van der Waals surface area (Å²) in [6.07, 6.45) is 3.02. The zero-order chi connectivity index (χ0) is 19.7. The summed E-state index contributed by atoms with van der Waals surface area (Å²) >= 11 is 0. The molecule has 2 aromatic rings. The number of aromatic amines is 1. The Morgan fingerprint density at radius 2 is 2.04 bits per heavy atom. The molecular weight excluding hydrogens is 367 g/mol. The molecule has 0 unspecified atom stereocenters. The molecule has 8 nitrogen and oxygen atoms in total. The molecule has 2 amide bonds. The first kappa shape index (κ1) is 18.7.